The second kappa shape index (κ2) is 11.4. The van der Waals surface area contributed by atoms with Gasteiger partial charge in [-0.15, -0.1) is 0 Å². The van der Waals surface area contributed by atoms with Gasteiger partial charge >= 0.3 is 0 Å². The fourth-order valence-corrected chi connectivity index (χ4v) is 4.65. The molecule has 3 amide bonds. The van der Waals surface area contributed by atoms with E-state index in [1.165, 1.54) is 16.1 Å². The summed E-state index contributed by atoms with van der Waals surface area (Å²) in [7, 11) is 0. The van der Waals surface area contributed by atoms with E-state index in [0.717, 1.165) is 45.0 Å². The van der Waals surface area contributed by atoms with Crippen molar-refractivity contribution in [3.8, 4) is 0 Å². The number of hydrazine groups is 1. The van der Waals surface area contributed by atoms with Crippen LogP contribution in [0, 0.1) is 0 Å². The summed E-state index contributed by atoms with van der Waals surface area (Å²) in [5.74, 6) is -0.607. The Labute approximate surface area is 216 Å². The molecule has 8 nitrogen and oxygen atoms in total. The number of hydrogen-bond acceptors (Lipinski definition) is 5. The molecule has 2 saturated heterocycles. The third-order valence-corrected chi connectivity index (χ3v) is 6.77. The van der Waals surface area contributed by atoms with Crippen molar-refractivity contribution in [1.82, 2.24) is 15.2 Å². The van der Waals surface area contributed by atoms with Crippen LogP contribution >= 0.6 is 0 Å². The molecular weight excluding hydrogens is 466 g/mol. The lowest BCUT2D eigenvalue weighted by molar-refractivity contribution is -0.130. The normalized spacial score (nSPS) is 16.9. The number of carbonyl (C=O) groups excluding carboxylic acids is 3. The topological polar surface area (TPSA) is 85.0 Å². The van der Waals surface area contributed by atoms with E-state index in [9.17, 15) is 14.4 Å². The summed E-state index contributed by atoms with van der Waals surface area (Å²) in [4.78, 5) is 41.3. The maximum Gasteiger partial charge on any atom is 0.255 e. The van der Waals surface area contributed by atoms with Crippen LogP contribution in [-0.4, -0.2) is 53.7 Å². The molecule has 0 radical (unpaired) electrons. The maximum atomic E-state index is 12.7. The molecule has 2 heterocycles. The molecule has 5 rings (SSSR count). The number of piperazine rings is 1. The SMILES string of the molecule is O=C1CCC(=O)N(c2ccc(C(=O)Nc3ccc(CN4CCN(Cc5ccccc5)CC4)cc3)cc2)N1. The van der Waals surface area contributed by atoms with Gasteiger partial charge in [0.2, 0.25) is 11.8 Å². The Morgan fingerprint density at radius 3 is 1.95 bits per heavy atom. The van der Waals surface area contributed by atoms with Gasteiger partial charge in [0, 0.05) is 63.4 Å². The summed E-state index contributed by atoms with van der Waals surface area (Å²) < 4.78 is 0. The van der Waals surface area contributed by atoms with Gasteiger partial charge < -0.3 is 5.32 Å². The number of nitrogens with one attached hydrogen (secondary N) is 2. The Morgan fingerprint density at radius 2 is 1.32 bits per heavy atom. The van der Waals surface area contributed by atoms with Gasteiger partial charge in [-0.3, -0.25) is 29.6 Å². The highest BCUT2D eigenvalue weighted by Gasteiger charge is 2.24. The molecule has 8 heteroatoms. The van der Waals surface area contributed by atoms with Crippen LogP contribution in [0.5, 0.6) is 0 Å². The van der Waals surface area contributed by atoms with Gasteiger partial charge in [-0.1, -0.05) is 42.5 Å². The lowest BCUT2D eigenvalue weighted by Crippen LogP contribution is -2.50. The number of rotatable bonds is 7. The summed E-state index contributed by atoms with van der Waals surface area (Å²) in [6, 6.07) is 25.2. The molecule has 37 heavy (non-hydrogen) atoms. The Bertz CT molecular complexity index is 1240. The lowest BCUT2D eigenvalue weighted by atomic mass is 10.1. The minimum Gasteiger partial charge on any atom is -0.322 e. The Kier molecular flexibility index (Phi) is 7.58. The van der Waals surface area contributed by atoms with E-state index in [4.69, 9.17) is 0 Å². The zero-order chi connectivity index (χ0) is 25.6. The highest BCUT2D eigenvalue weighted by Crippen LogP contribution is 2.19. The Hall–Kier alpha value is -4.01. The van der Waals surface area contributed by atoms with Crippen LogP contribution in [0.15, 0.2) is 78.9 Å². The van der Waals surface area contributed by atoms with Crippen LogP contribution in [-0.2, 0) is 22.7 Å². The smallest absolute Gasteiger partial charge is 0.255 e. The van der Waals surface area contributed by atoms with Crippen LogP contribution < -0.4 is 15.8 Å². The van der Waals surface area contributed by atoms with E-state index in [1.54, 1.807) is 24.3 Å². The molecule has 2 aliphatic rings. The minimum atomic E-state index is -0.233. The van der Waals surface area contributed by atoms with E-state index in [2.05, 4.69) is 63.0 Å². The summed E-state index contributed by atoms with van der Waals surface area (Å²) in [6.45, 7) is 6.07. The predicted molar refractivity (Wildman–Crippen MR) is 143 cm³/mol. The van der Waals surface area contributed by atoms with Gasteiger partial charge in [-0.05, 0) is 47.5 Å². The molecule has 0 saturated carbocycles. The van der Waals surface area contributed by atoms with Gasteiger partial charge in [0.05, 0.1) is 5.69 Å². The second-order valence-electron chi connectivity index (χ2n) is 9.50. The molecule has 2 aliphatic heterocycles. The fourth-order valence-electron chi connectivity index (χ4n) is 4.65. The summed E-state index contributed by atoms with van der Waals surface area (Å²) in [6.07, 6.45) is 0.370. The summed E-state index contributed by atoms with van der Waals surface area (Å²) in [5, 5.41) is 4.15. The standard InChI is InChI=1S/C29H31N5O3/c35-27-14-15-28(36)34(31-27)26-12-8-24(9-13-26)29(37)30-25-10-6-23(7-11-25)21-33-18-16-32(17-19-33)20-22-4-2-1-3-5-22/h1-13H,14-21H2,(H,30,37)(H,31,35). The molecule has 0 bridgehead atoms. The van der Waals surface area contributed by atoms with Crippen molar-refractivity contribution in [2.24, 2.45) is 0 Å². The molecule has 190 valence electrons. The van der Waals surface area contributed by atoms with E-state index in [0.29, 0.717) is 11.3 Å². The van der Waals surface area contributed by atoms with E-state index in [1.807, 2.05) is 12.1 Å². The number of carbonyl (C=O) groups is 3. The van der Waals surface area contributed by atoms with Crippen molar-refractivity contribution in [2.75, 3.05) is 36.5 Å². The van der Waals surface area contributed by atoms with Crippen molar-refractivity contribution in [2.45, 2.75) is 25.9 Å². The van der Waals surface area contributed by atoms with Crippen LogP contribution in [0.25, 0.3) is 0 Å². The average Bonchev–Trinajstić information content (AvgIpc) is 2.93. The molecule has 0 unspecified atom stereocenters. The molecule has 3 aromatic carbocycles. The molecule has 0 atom stereocenters. The predicted octanol–water partition coefficient (Wildman–Crippen LogP) is 3.41. The van der Waals surface area contributed by atoms with Crippen LogP contribution in [0.4, 0.5) is 11.4 Å². The molecule has 2 N–H and O–H groups in total. The van der Waals surface area contributed by atoms with Crippen molar-refractivity contribution in [3.05, 3.63) is 95.6 Å². The highest BCUT2D eigenvalue weighted by atomic mass is 16.2. The van der Waals surface area contributed by atoms with Crippen molar-refractivity contribution in [3.63, 3.8) is 0 Å². The fraction of sp³-hybridized carbons (Fsp3) is 0.276. The first kappa shape index (κ1) is 24.7. The largest absolute Gasteiger partial charge is 0.322 e. The molecule has 3 aromatic rings. The molecule has 0 aliphatic carbocycles. The van der Waals surface area contributed by atoms with E-state index < -0.39 is 0 Å². The lowest BCUT2D eigenvalue weighted by Gasteiger charge is -2.34. The maximum absolute atomic E-state index is 12.7. The Morgan fingerprint density at radius 1 is 0.730 bits per heavy atom. The van der Waals surface area contributed by atoms with Crippen molar-refractivity contribution >= 4 is 29.1 Å². The summed E-state index contributed by atoms with van der Waals surface area (Å²) >= 11 is 0. The molecule has 0 spiro atoms. The van der Waals surface area contributed by atoms with Crippen molar-refractivity contribution in [1.29, 1.82) is 0 Å². The molecule has 2 fully saturated rings. The first-order chi connectivity index (χ1) is 18.0. The number of hydrogen-bond donors (Lipinski definition) is 2. The zero-order valence-electron chi connectivity index (χ0n) is 20.7. The first-order valence-electron chi connectivity index (χ1n) is 12.6. The van der Waals surface area contributed by atoms with Gasteiger partial charge in [-0.25, -0.2) is 5.01 Å². The summed E-state index contributed by atoms with van der Waals surface area (Å²) in [5.41, 5.74) is 6.85. The van der Waals surface area contributed by atoms with Gasteiger partial charge in [0.25, 0.3) is 5.91 Å². The van der Waals surface area contributed by atoms with Gasteiger partial charge in [-0.2, -0.15) is 0 Å². The highest BCUT2D eigenvalue weighted by molar-refractivity contribution is 6.05. The first-order valence-corrected chi connectivity index (χ1v) is 12.6. The number of benzene rings is 3. The Balaban J connectivity index is 1.10. The quantitative estimate of drug-likeness (QED) is 0.523. The van der Waals surface area contributed by atoms with Crippen LogP contribution in [0.2, 0.25) is 0 Å². The number of amides is 3. The second-order valence-corrected chi connectivity index (χ2v) is 9.50. The zero-order valence-corrected chi connectivity index (χ0v) is 20.7. The molecule has 0 aromatic heterocycles. The number of nitrogens with zero attached hydrogens (tertiary/aromatic N) is 3. The van der Waals surface area contributed by atoms with E-state index in [-0.39, 0.29) is 30.6 Å². The van der Waals surface area contributed by atoms with Crippen molar-refractivity contribution < 1.29 is 14.4 Å². The third kappa shape index (κ3) is 6.41. The third-order valence-electron chi connectivity index (χ3n) is 6.77. The van der Waals surface area contributed by atoms with E-state index >= 15 is 0 Å². The van der Waals surface area contributed by atoms with Gasteiger partial charge in [0.15, 0.2) is 0 Å². The number of anilines is 2. The monoisotopic (exact) mass is 497 g/mol. The van der Waals surface area contributed by atoms with Crippen LogP contribution in [0.3, 0.4) is 0 Å². The average molecular weight is 498 g/mol. The van der Waals surface area contributed by atoms with Crippen LogP contribution in [0.1, 0.15) is 34.3 Å². The molecular formula is C29H31N5O3. The van der Waals surface area contributed by atoms with Gasteiger partial charge in [0.1, 0.15) is 0 Å². The minimum absolute atomic E-state index is 0.175.